The fraction of sp³-hybridized carbons (Fsp3) is 0.500. The van der Waals surface area contributed by atoms with Gasteiger partial charge >= 0.3 is 0 Å². The standard InChI is InChI=1S/C14H20N2O2/c1-2-16(7-8-17)14(18)13-9-11-5-3-4-6-12(11)10-15-13/h3-6,13,15,17H,2,7-10H2,1H3. The maximum Gasteiger partial charge on any atom is 0.240 e. The van der Waals surface area contributed by atoms with Gasteiger partial charge in [-0.05, 0) is 24.5 Å². The smallest absolute Gasteiger partial charge is 0.240 e. The third-order valence-corrected chi connectivity index (χ3v) is 3.44. The van der Waals surface area contributed by atoms with Crippen LogP contribution in [-0.4, -0.2) is 41.7 Å². The lowest BCUT2D eigenvalue weighted by molar-refractivity contribution is -0.134. The highest BCUT2D eigenvalue weighted by Crippen LogP contribution is 2.17. The Labute approximate surface area is 108 Å². The Hall–Kier alpha value is -1.39. The summed E-state index contributed by atoms with van der Waals surface area (Å²) < 4.78 is 0. The lowest BCUT2D eigenvalue weighted by atomic mass is 9.95. The monoisotopic (exact) mass is 248 g/mol. The van der Waals surface area contributed by atoms with E-state index >= 15 is 0 Å². The summed E-state index contributed by atoms with van der Waals surface area (Å²) in [7, 11) is 0. The van der Waals surface area contributed by atoms with Crippen molar-refractivity contribution in [1.82, 2.24) is 10.2 Å². The number of benzene rings is 1. The van der Waals surface area contributed by atoms with E-state index in [1.54, 1.807) is 4.90 Å². The van der Waals surface area contributed by atoms with E-state index in [2.05, 4.69) is 17.4 Å². The number of aliphatic hydroxyl groups excluding tert-OH is 1. The molecule has 1 aromatic carbocycles. The van der Waals surface area contributed by atoms with Crippen molar-refractivity contribution >= 4 is 5.91 Å². The minimum atomic E-state index is -0.161. The predicted octanol–water partition coefficient (Wildman–Crippen LogP) is 0.542. The normalized spacial score (nSPS) is 18.2. The summed E-state index contributed by atoms with van der Waals surface area (Å²) in [6, 6.07) is 8.04. The maximum atomic E-state index is 12.3. The number of aliphatic hydroxyl groups is 1. The Morgan fingerprint density at radius 3 is 2.83 bits per heavy atom. The highest BCUT2D eigenvalue weighted by atomic mass is 16.3. The van der Waals surface area contributed by atoms with Gasteiger partial charge < -0.3 is 15.3 Å². The van der Waals surface area contributed by atoms with Crippen LogP contribution in [0.2, 0.25) is 0 Å². The van der Waals surface area contributed by atoms with E-state index in [4.69, 9.17) is 5.11 Å². The number of nitrogens with zero attached hydrogens (tertiary/aromatic N) is 1. The zero-order valence-corrected chi connectivity index (χ0v) is 10.7. The van der Waals surface area contributed by atoms with Crippen LogP contribution in [0.5, 0.6) is 0 Å². The van der Waals surface area contributed by atoms with Crippen molar-refractivity contribution < 1.29 is 9.90 Å². The first-order valence-corrected chi connectivity index (χ1v) is 6.46. The number of fused-ring (bicyclic) bond motifs is 1. The van der Waals surface area contributed by atoms with Gasteiger partial charge in [-0.1, -0.05) is 24.3 Å². The highest BCUT2D eigenvalue weighted by Gasteiger charge is 2.26. The highest BCUT2D eigenvalue weighted by molar-refractivity contribution is 5.82. The van der Waals surface area contributed by atoms with Crippen LogP contribution in [0.4, 0.5) is 0 Å². The Bertz CT molecular complexity index is 420. The summed E-state index contributed by atoms with van der Waals surface area (Å²) in [5.74, 6) is 0.0843. The van der Waals surface area contributed by atoms with Crippen LogP contribution < -0.4 is 5.32 Å². The van der Waals surface area contributed by atoms with Crippen molar-refractivity contribution in [2.75, 3.05) is 19.7 Å². The molecule has 18 heavy (non-hydrogen) atoms. The van der Waals surface area contributed by atoms with Gasteiger partial charge in [0.25, 0.3) is 0 Å². The van der Waals surface area contributed by atoms with Crippen molar-refractivity contribution in [2.45, 2.75) is 25.9 Å². The van der Waals surface area contributed by atoms with Crippen LogP contribution in [0.15, 0.2) is 24.3 Å². The summed E-state index contributed by atoms with van der Waals surface area (Å²) in [6.45, 7) is 3.74. The van der Waals surface area contributed by atoms with E-state index in [9.17, 15) is 4.79 Å². The van der Waals surface area contributed by atoms with Crippen molar-refractivity contribution in [3.8, 4) is 0 Å². The summed E-state index contributed by atoms with van der Waals surface area (Å²) in [6.07, 6.45) is 0.733. The zero-order valence-electron chi connectivity index (χ0n) is 10.7. The second-order valence-electron chi connectivity index (χ2n) is 4.55. The minimum absolute atomic E-state index is 0.0168. The molecule has 1 unspecified atom stereocenters. The molecule has 1 heterocycles. The molecule has 1 amide bonds. The van der Waals surface area contributed by atoms with Gasteiger partial charge in [0.1, 0.15) is 0 Å². The largest absolute Gasteiger partial charge is 0.395 e. The SMILES string of the molecule is CCN(CCO)C(=O)C1Cc2ccccc2CN1. The minimum Gasteiger partial charge on any atom is -0.395 e. The maximum absolute atomic E-state index is 12.3. The van der Waals surface area contributed by atoms with E-state index in [1.165, 1.54) is 11.1 Å². The lowest BCUT2D eigenvalue weighted by Gasteiger charge is -2.30. The first-order chi connectivity index (χ1) is 8.76. The summed E-state index contributed by atoms with van der Waals surface area (Å²) in [5, 5.41) is 12.2. The van der Waals surface area contributed by atoms with E-state index in [-0.39, 0.29) is 18.6 Å². The summed E-state index contributed by atoms with van der Waals surface area (Å²) >= 11 is 0. The number of hydrogen-bond acceptors (Lipinski definition) is 3. The van der Waals surface area contributed by atoms with Crippen LogP contribution in [0, 0.1) is 0 Å². The van der Waals surface area contributed by atoms with Gasteiger partial charge in [-0.2, -0.15) is 0 Å². The topological polar surface area (TPSA) is 52.6 Å². The first-order valence-electron chi connectivity index (χ1n) is 6.46. The third kappa shape index (κ3) is 2.71. The molecule has 98 valence electrons. The van der Waals surface area contributed by atoms with E-state index in [0.29, 0.717) is 13.1 Å². The van der Waals surface area contributed by atoms with Crippen LogP contribution in [0.25, 0.3) is 0 Å². The quantitative estimate of drug-likeness (QED) is 0.818. The van der Waals surface area contributed by atoms with Crippen LogP contribution in [0.3, 0.4) is 0 Å². The number of carbonyl (C=O) groups excluding carboxylic acids is 1. The van der Waals surface area contributed by atoms with Crippen molar-refractivity contribution in [1.29, 1.82) is 0 Å². The van der Waals surface area contributed by atoms with E-state index < -0.39 is 0 Å². The van der Waals surface area contributed by atoms with Gasteiger partial charge in [0.15, 0.2) is 0 Å². The molecule has 1 atom stereocenters. The molecule has 0 bridgehead atoms. The lowest BCUT2D eigenvalue weighted by Crippen LogP contribution is -2.50. The van der Waals surface area contributed by atoms with Gasteiger partial charge in [-0.3, -0.25) is 4.79 Å². The Morgan fingerprint density at radius 1 is 1.44 bits per heavy atom. The molecule has 4 heteroatoms. The molecule has 4 nitrogen and oxygen atoms in total. The third-order valence-electron chi connectivity index (χ3n) is 3.44. The molecule has 0 aromatic heterocycles. The number of likely N-dealkylation sites (N-methyl/N-ethyl adjacent to an activating group) is 1. The predicted molar refractivity (Wildman–Crippen MR) is 70.1 cm³/mol. The molecule has 2 rings (SSSR count). The number of amides is 1. The summed E-state index contributed by atoms with van der Waals surface area (Å²) in [5.41, 5.74) is 2.52. The van der Waals surface area contributed by atoms with Gasteiger partial charge in [0.2, 0.25) is 5.91 Å². The van der Waals surface area contributed by atoms with Crippen LogP contribution in [0.1, 0.15) is 18.1 Å². The number of rotatable bonds is 4. The molecular weight excluding hydrogens is 228 g/mol. The van der Waals surface area contributed by atoms with Crippen LogP contribution in [-0.2, 0) is 17.8 Å². The number of hydrogen-bond donors (Lipinski definition) is 2. The van der Waals surface area contributed by atoms with Gasteiger partial charge in [0.05, 0.1) is 12.6 Å². The number of nitrogens with one attached hydrogen (secondary N) is 1. The average Bonchev–Trinajstić information content (AvgIpc) is 2.43. The zero-order chi connectivity index (χ0) is 13.0. The second kappa shape index (κ2) is 5.98. The molecular formula is C14H20N2O2. The molecule has 1 aliphatic heterocycles. The first kappa shape index (κ1) is 13.1. The number of carbonyl (C=O) groups is 1. The summed E-state index contributed by atoms with van der Waals surface area (Å²) in [4.78, 5) is 14.0. The van der Waals surface area contributed by atoms with Gasteiger partial charge in [-0.25, -0.2) is 0 Å². The average molecular weight is 248 g/mol. The Morgan fingerprint density at radius 2 is 2.17 bits per heavy atom. The van der Waals surface area contributed by atoms with E-state index in [1.807, 2.05) is 19.1 Å². The van der Waals surface area contributed by atoms with Gasteiger partial charge in [-0.15, -0.1) is 0 Å². The molecule has 1 aliphatic rings. The van der Waals surface area contributed by atoms with E-state index in [0.717, 1.165) is 13.0 Å². The fourth-order valence-corrected chi connectivity index (χ4v) is 2.39. The van der Waals surface area contributed by atoms with Gasteiger partial charge in [0, 0.05) is 19.6 Å². The van der Waals surface area contributed by atoms with Crippen molar-refractivity contribution in [2.24, 2.45) is 0 Å². The molecule has 0 saturated carbocycles. The fourth-order valence-electron chi connectivity index (χ4n) is 2.39. The Kier molecular flexibility index (Phi) is 4.33. The van der Waals surface area contributed by atoms with Crippen molar-refractivity contribution in [3.63, 3.8) is 0 Å². The van der Waals surface area contributed by atoms with Crippen molar-refractivity contribution in [3.05, 3.63) is 35.4 Å². The molecule has 0 fully saturated rings. The molecule has 0 spiro atoms. The Balaban J connectivity index is 2.06. The molecule has 1 aromatic rings. The second-order valence-corrected chi connectivity index (χ2v) is 4.55. The molecule has 0 saturated heterocycles. The molecule has 0 radical (unpaired) electrons. The van der Waals surface area contributed by atoms with Crippen LogP contribution >= 0.6 is 0 Å². The molecule has 0 aliphatic carbocycles. The molecule has 2 N–H and O–H groups in total.